The Hall–Kier alpha value is -2.20. The second kappa shape index (κ2) is 8.06. The summed E-state index contributed by atoms with van der Waals surface area (Å²) in [5.41, 5.74) is 2.08. The van der Waals surface area contributed by atoms with E-state index in [1.165, 1.54) is 5.56 Å². The van der Waals surface area contributed by atoms with E-state index >= 15 is 0 Å². The first-order valence-electron chi connectivity index (χ1n) is 7.88. The summed E-state index contributed by atoms with van der Waals surface area (Å²) in [7, 11) is 0. The standard InChI is InChI=1S/C19H23ClN2O2/c1-19(2,3)14-7-9-16(10-8-14)22-18(23)21-11-12-24-17-6-4-5-15(20)13-17/h4-10,13H,11-12H2,1-3H3,(H2,21,22,23). The van der Waals surface area contributed by atoms with Gasteiger partial charge in [0.2, 0.25) is 0 Å². The van der Waals surface area contributed by atoms with E-state index in [0.29, 0.717) is 23.9 Å². The Morgan fingerprint density at radius 1 is 1.12 bits per heavy atom. The molecule has 128 valence electrons. The van der Waals surface area contributed by atoms with Crippen LogP contribution in [-0.2, 0) is 5.41 Å². The van der Waals surface area contributed by atoms with E-state index in [9.17, 15) is 4.79 Å². The van der Waals surface area contributed by atoms with Crippen molar-refractivity contribution in [3.8, 4) is 5.75 Å². The number of hydrogen-bond acceptors (Lipinski definition) is 2. The van der Waals surface area contributed by atoms with Gasteiger partial charge in [-0.05, 0) is 41.3 Å². The third kappa shape index (κ3) is 5.78. The van der Waals surface area contributed by atoms with Gasteiger partial charge < -0.3 is 15.4 Å². The Labute approximate surface area is 148 Å². The summed E-state index contributed by atoms with van der Waals surface area (Å²) < 4.78 is 5.51. The summed E-state index contributed by atoms with van der Waals surface area (Å²) in [5, 5.41) is 6.18. The first-order chi connectivity index (χ1) is 11.3. The zero-order valence-corrected chi connectivity index (χ0v) is 15.0. The molecule has 0 aromatic heterocycles. The highest BCUT2D eigenvalue weighted by Crippen LogP contribution is 2.23. The maximum Gasteiger partial charge on any atom is 0.319 e. The molecule has 0 bridgehead atoms. The molecule has 0 aliphatic rings. The predicted molar refractivity (Wildman–Crippen MR) is 99.1 cm³/mol. The number of benzene rings is 2. The molecule has 0 unspecified atom stereocenters. The fraction of sp³-hybridized carbons (Fsp3) is 0.316. The third-order valence-electron chi connectivity index (χ3n) is 3.46. The van der Waals surface area contributed by atoms with Gasteiger partial charge in [-0.25, -0.2) is 4.79 Å². The molecule has 0 saturated carbocycles. The van der Waals surface area contributed by atoms with Crippen LogP contribution in [0.4, 0.5) is 10.5 Å². The second-order valence-corrected chi connectivity index (χ2v) is 6.95. The lowest BCUT2D eigenvalue weighted by molar-refractivity contribution is 0.247. The van der Waals surface area contributed by atoms with E-state index in [1.807, 2.05) is 36.4 Å². The normalized spacial score (nSPS) is 11.0. The summed E-state index contributed by atoms with van der Waals surface area (Å²) in [4.78, 5) is 11.9. The van der Waals surface area contributed by atoms with Crippen LogP contribution in [0.3, 0.4) is 0 Å². The largest absolute Gasteiger partial charge is 0.492 e. The minimum absolute atomic E-state index is 0.0957. The number of hydrogen-bond donors (Lipinski definition) is 2. The molecule has 2 aromatic rings. The van der Waals surface area contributed by atoms with Gasteiger partial charge >= 0.3 is 6.03 Å². The van der Waals surface area contributed by atoms with Gasteiger partial charge in [0, 0.05) is 10.7 Å². The number of carbonyl (C=O) groups excluding carboxylic acids is 1. The topological polar surface area (TPSA) is 50.4 Å². The van der Waals surface area contributed by atoms with Crippen molar-refractivity contribution in [2.24, 2.45) is 0 Å². The van der Waals surface area contributed by atoms with Gasteiger partial charge in [-0.3, -0.25) is 0 Å². The average Bonchev–Trinajstić information content (AvgIpc) is 2.51. The number of carbonyl (C=O) groups is 1. The van der Waals surface area contributed by atoms with Gasteiger partial charge in [0.1, 0.15) is 12.4 Å². The molecule has 0 atom stereocenters. The highest BCUT2D eigenvalue weighted by Gasteiger charge is 2.13. The number of rotatable bonds is 5. The van der Waals surface area contributed by atoms with Crippen molar-refractivity contribution in [1.82, 2.24) is 5.32 Å². The van der Waals surface area contributed by atoms with Gasteiger partial charge in [0.15, 0.2) is 0 Å². The molecular formula is C19H23ClN2O2. The second-order valence-electron chi connectivity index (χ2n) is 6.51. The van der Waals surface area contributed by atoms with Crippen LogP contribution in [0.15, 0.2) is 48.5 Å². The van der Waals surface area contributed by atoms with Crippen molar-refractivity contribution >= 4 is 23.3 Å². The Kier molecular flexibility index (Phi) is 6.10. The number of ether oxygens (including phenoxy) is 1. The summed E-state index contributed by atoms with van der Waals surface area (Å²) in [6, 6.07) is 14.8. The van der Waals surface area contributed by atoms with Crippen LogP contribution >= 0.6 is 11.6 Å². The van der Waals surface area contributed by atoms with E-state index in [4.69, 9.17) is 16.3 Å². The van der Waals surface area contributed by atoms with Gasteiger partial charge in [-0.1, -0.05) is 50.6 Å². The van der Waals surface area contributed by atoms with Gasteiger partial charge in [-0.2, -0.15) is 0 Å². The average molecular weight is 347 g/mol. The number of anilines is 1. The molecule has 0 spiro atoms. The summed E-state index contributed by atoms with van der Waals surface area (Å²) in [6.07, 6.45) is 0. The molecule has 2 rings (SSSR count). The quantitative estimate of drug-likeness (QED) is 0.761. The molecule has 0 aliphatic heterocycles. The first kappa shape index (κ1) is 18.1. The summed E-state index contributed by atoms with van der Waals surface area (Å²) in [5.74, 6) is 0.683. The minimum Gasteiger partial charge on any atom is -0.492 e. The van der Waals surface area contributed by atoms with Crippen molar-refractivity contribution in [2.45, 2.75) is 26.2 Å². The van der Waals surface area contributed by atoms with E-state index in [0.717, 1.165) is 5.69 Å². The van der Waals surface area contributed by atoms with Crippen molar-refractivity contribution in [1.29, 1.82) is 0 Å². The van der Waals surface area contributed by atoms with Gasteiger partial charge in [0.25, 0.3) is 0 Å². The molecule has 2 N–H and O–H groups in total. The molecule has 4 nitrogen and oxygen atoms in total. The predicted octanol–water partition coefficient (Wildman–Crippen LogP) is 4.84. The molecule has 24 heavy (non-hydrogen) atoms. The molecular weight excluding hydrogens is 324 g/mol. The number of nitrogens with one attached hydrogen (secondary N) is 2. The van der Waals surface area contributed by atoms with Gasteiger partial charge in [-0.15, -0.1) is 0 Å². The van der Waals surface area contributed by atoms with E-state index in [2.05, 4.69) is 31.4 Å². The van der Waals surface area contributed by atoms with Crippen LogP contribution in [-0.4, -0.2) is 19.2 Å². The van der Waals surface area contributed by atoms with Crippen molar-refractivity contribution in [3.63, 3.8) is 0 Å². The van der Waals surface area contributed by atoms with Crippen LogP contribution in [0.1, 0.15) is 26.3 Å². The molecule has 2 amide bonds. The lowest BCUT2D eigenvalue weighted by Crippen LogP contribution is -2.32. The monoisotopic (exact) mass is 346 g/mol. The molecule has 0 saturated heterocycles. The highest BCUT2D eigenvalue weighted by molar-refractivity contribution is 6.30. The van der Waals surface area contributed by atoms with Crippen LogP contribution in [0.25, 0.3) is 0 Å². The zero-order valence-electron chi connectivity index (χ0n) is 14.2. The fourth-order valence-corrected chi connectivity index (χ4v) is 2.30. The first-order valence-corrected chi connectivity index (χ1v) is 8.26. The van der Waals surface area contributed by atoms with Crippen LogP contribution < -0.4 is 15.4 Å². The van der Waals surface area contributed by atoms with E-state index < -0.39 is 0 Å². The number of urea groups is 1. The maximum absolute atomic E-state index is 11.9. The Bertz CT molecular complexity index is 679. The lowest BCUT2D eigenvalue weighted by Gasteiger charge is -2.19. The number of halogens is 1. The van der Waals surface area contributed by atoms with Crippen LogP contribution in [0, 0.1) is 0 Å². The van der Waals surface area contributed by atoms with Crippen LogP contribution in [0.2, 0.25) is 5.02 Å². The molecule has 2 aromatic carbocycles. The minimum atomic E-state index is -0.256. The van der Waals surface area contributed by atoms with Crippen molar-refractivity contribution in [2.75, 3.05) is 18.5 Å². The molecule has 0 aliphatic carbocycles. The summed E-state index contributed by atoms with van der Waals surface area (Å²) >= 11 is 5.88. The van der Waals surface area contributed by atoms with E-state index in [-0.39, 0.29) is 11.4 Å². The molecule has 0 heterocycles. The van der Waals surface area contributed by atoms with Crippen molar-refractivity contribution < 1.29 is 9.53 Å². The smallest absolute Gasteiger partial charge is 0.319 e. The fourth-order valence-electron chi connectivity index (χ4n) is 2.12. The molecule has 5 heteroatoms. The third-order valence-corrected chi connectivity index (χ3v) is 3.70. The van der Waals surface area contributed by atoms with Crippen molar-refractivity contribution in [3.05, 3.63) is 59.1 Å². The Balaban J connectivity index is 1.73. The van der Waals surface area contributed by atoms with Crippen LogP contribution in [0.5, 0.6) is 5.75 Å². The van der Waals surface area contributed by atoms with E-state index in [1.54, 1.807) is 12.1 Å². The zero-order chi connectivity index (χ0) is 17.6. The lowest BCUT2D eigenvalue weighted by atomic mass is 9.87. The Morgan fingerprint density at radius 3 is 2.46 bits per heavy atom. The Morgan fingerprint density at radius 2 is 1.83 bits per heavy atom. The van der Waals surface area contributed by atoms with Gasteiger partial charge in [0.05, 0.1) is 6.54 Å². The molecule has 0 fully saturated rings. The number of amides is 2. The SMILES string of the molecule is CC(C)(C)c1ccc(NC(=O)NCCOc2cccc(Cl)c2)cc1. The summed E-state index contributed by atoms with van der Waals surface area (Å²) in [6.45, 7) is 7.24. The maximum atomic E-state index is 11.9. The highest BCUT2D eigenvalue weighted by atomic mass is 35.5. The molecule has 0 radical (unpaired) electrons.